The molecular formula is C15H15FN2O4. The van der Waals surface area contributed by atoms with Crippen LogP contribution in [0.3, 0.4) is 0 Å². The highest BCUT2D eigenvalue weighted by molar-refractivity contribution is 5.61. The summed E-state index contributed by atoms with van der Waals surface area (Å²) < 4.78 is 23.7. The molecule has 0 bridgehead atoms. The maximum absolute atomic E-state index is 13.2. The van der Waals surface area contributed by atoms with Crippen molar-refractivity contribution in [2.45, 2.75) is 0 Å². The topological polar surface area (TPSA) is 73.6 Å². The van der Waals surface area contributed by atoms with Gasteiger partial charge in [0.05, 0.1) is 12.0 Å². The smallest absolute Gasteiger partial charge is 0.292 e. The van der Waals surface area contributed by atoms with E-state index in [4.69, 9.17) is 9.47 Å². The van der Waals surface area contributed by atoms with Crippen LogP contribution in [0.2, 0.25) is 0 Å². The van der Waals surface area contributed by atoms with Gasteiger partial charge < -0.3 is 14.8 Å². The third kappa shape index (κ3) is 4.08. The standard InChI is InChI=1S/C15H15FN2O4/c1-21-12-3-5-13(6-4-12)22-9-8-17-14-10-11(16)2-7-15(14)18(19)20/h2-7,10,17H,8-9H2,1H3. The molecule has 0 aliphatic heterocycles. The van der Waals surface area contributed by atoms with Crippen LogP contribution < -0.4 is 14.8 Å². The van der Waals surface area contributed by atoms with Crippen molar-refractivity contribution in [3.8, 4) is 11.5 Å². The lowest BCUT2D eigenvalue weighted by Gasteiger charge is -2.09. The highest BCUT2D eigenvalue weighted by Gasteiger charge is 2.13. The molecule has 0 heterocycles. The van der Waals surface area contributed by atoms with Gasteiger partial charge in [-0.25, -0.2) is 4.39 Å². The minimum atomic E-state index is -0.563. The third-order valence-electron chi connectivity index (χ3n) is 2.90. The Labute approximate surface area is 126 Å². The van der Waals surface area contributed by atoms with Crippen LogP contribution in [0.25, 0.3) is 0 Å². The Morgan fingerprint density at radius 2 is 1.86 bits per heavy atom. The molecule has 2 rings (SSSR count). The van der Waals surface area contributed by atoms with Gasteiger partial charge in [-0.3, -0.25) is 10.1 Å². The molecule has 0 radical (unpaired) electrons. The van der Waals surface area contributed by atoms with E-state index in [1.54, 1.807) is 31.4 Å². The average molecular weight is 306 g/mol. The van der Waals surface area contributed by atoms with Gasteiger partial charge in [0.2, 0.25) is 0 Å². The molecule has 0 unspecified atom stereocenters. The lowest BCUT2D eigenvalue weighted by atomic mass is 10.2. The van der Waals surface area contributed by atoms with Crippen molar-refractivity contribution in [3.05, 3.63) is 58.4 Å². The number of benzene rings is 2. The largest absolute Gasteiger partial charge is 0.497 e. The fourth-order valence-corrected chi connectivity index (χ4v) is 1.84. The SMILES string of the molecule is COc1ccc(OCCNc2cc(F)ccc2[N+](=O)[O-])cc1. The van der Waals surface area contributed by atoms with E-state index in [0.29, 0.717) is 12.3 Å². The molecule has 7 heteroatoms. The van der Waals surface area contributed by atoms with E-state index in [0.717, 1.165) is 23.9 Å². The van der Waals surface area contributed by atoms with Crippen LogP contribution in [0.5, 0.6) is 11.5 Å². The Bertz CT molecular complexity index is 646. The Morgan fingerprint density at radius 1 is 1.18 bits per heavy atom. The summed E-state index contributed by atoms with van der Waals surface area (Å²) in [5, 5.41) is 13.6. The number of methoxy groups -OCH3 is 1. The van der Waals surface area contributed by atoms with E-state index in [2.05, 4.69) is 5.32 Å². The third-order valence-corrected chi connectivity index (χ3v) is 2.90. The second-order valence-corrected chi connectivity index (χ2v) is 4.37. The molecule has 2 aromatic carbocycles. The number of anilines is 1. The first kappa shape index (κ1) is 15.6. The molecule has 0 saturated heterocycles. The van der Waals surface area contributed by atoms with Crippen LogP contribution >= 0.6 is 0 Å². The lowest BCUT2D eigenvalue weighted by molar-refractivity contribution is -0.384. The zero-order valence-corrected chi connectivity index (χ0v) is 11.9. The number of nitrogens with one attached hydrogen (secondary N) is 1. The maximum atomic E-state index is 13.2. The Balaban J connectivity index is 1.88. The minimum absolute atomic E-state index is 0.128. The molecular weight excluding hydrogens is 291 g/mol. The van der Waals surface area contributed by atoms with Gasteiger partial charge in [-0.2, -0.15) is 0 Å². The van der Waals surface area contributed by atoms with Crippen LogP contribution in [0.15, 0.2) is 42.5 Å². The molecule has 0 saturated carbocycles. The first-order chi connectivity index (χ1) is 10.6. The molecule has 6 nitrogen and oxygen atoms in total. The fourth-order valence-electron chi connectivity index (χ4n) is 1.84. The van der Waals surface area contributed by atoms with E-state index in [9.17, 15) is 14.5 Å². The van der Waals surface area contributed by atoms with Crippen molar-refractivity contribution in [3.63, 3.8) is 0 Å². The molecule has 0 spiro atoms. The minimum Gasteiger partial charge on any atom is -0.497 e. The summed E-state index contributed by atoms with van der Waals surface area (Å²) in [6, 6.07) is 10.3. The molecule has 0 fully saturated rings. The molecule has 22 heavy (non-hydrogen) atoms. The summed E-state index contributed by atoms with van der Waals surface area (Å²) in [5.41, 5.74) is -0.0471. The van der Waals surface area contributed by atoms with Gasteiger partial charge in [-0.1, -0.05) is 0 Å². The number of halogens is 1. The molecule has 116 valence electrons. The Morgan fingerprint density at radius 3 is 2.50 bits per heavy atom. The quantitative estimate of drug-likeness (QED) is 0.483. The summed E-state index contributed by atoms with van der Waals surface area (Å²) in [7, 11) is 1.58. The number of nitro groups is 1. The van der Waals surface area contributed by atoms with Gasteiger partial charge in [0.25, 0.3) is 5.69 Å². The highest BCUT2D eigenvalue weighted by atomic mass is 19.1. The second kappa shape index (κ2) is 7.26. The number of rotatable bonds is 7. The van der Waals surface area contributed by atoms with E-state index in [1.165, 1.54) is 0 Å². The van der Waals surface area contributed by atoms with Crippen LogP contribution in [-0.4, -0.2) is 25.2 Å². The number of nitrogens with zero attached hydrogens (tertiary/aromatic N) is 1. The zero-order valence-electron chi connectivity index (χ0n) is 11.9. The molecule has 0 amide bonds. The van der Waals surface area contributed by atoms with Gasteiger partial charge in [0.15, 0.2) is 0 Å². The second-order valence-electron chi connectivity index (χ2n) is 4.37. The molecule has 2 aromatic rings. The lowest BCUT2D eigenvalue weighted by Crippen LogP contribution is -2.12. The Kier molecular flexibility index (Phi) is 5.13. The predicted octanol–water partition coefficient (Wildman–Crippen LogP) is 3.23. The van der Waals surface area contributed by atoms with Crippen molar-refractivity contribution in [2.75, 3.05) is 25.6 Å². The van der Waals surface area contributed by atoms with Crippen LogP contribution in [0.1, 0.15) is 0 Å². The first-order valence-electron chi connectivity index (χ1n) is 6.55. The summed E-state index contributed by atoms with van der Waals surface area (Å²) in [6.45, 7) is 0.580. The fraction of sp³-hybridized carbons (Fsp3) is 0.200. The van der Waals surface area contributed by atoms with Crippen LogP contribution in [0.4, 0.5) is 15.8 Å². The van der Waals surface area contributed by atoms with Crippen molar-refractivity contribution >= 4 is 11.4 Å². The highest BCUT2D eigenvalue weighted by Crippen LogP contribution is 2.24. The summed E-state index contributed by atoms with van der Waals surface area (Å²) >= 11 is 0. The van der Waals surface area contributed by atoms with Crippen molar-refractivity contribution < 1.29 is 18.8 Å². The van der Waals surface area contributed by atoms with Crippen molar-refractivity contribution in [2.24, 2.45) is 0 Å². The van der Waals surface area contributed by atoms with Gasteiger partial charge in [-0.15, -0.1) is 0 Å². The molecule has 0 aromatic heterocycles. The van der Waals surface area contributed by atoms with Crippen LogP contribution in [-0.2, 0) is 0 Å². The number of nitro benzene ring substituents is 1. The summed E-state index contributed by atoms with van der Waals surface area (Å²) in [5.74, 6) is 0.835. The van der Waals surface area contributed by atoms with E-state index < -0.39 is 10.7 Å². The van der Waals surface area contributed by atoms with E-state index in [-0.39, 0.29) is 18.0 Å². The van der Waals surface area contributed by atoms with Gasteiger partial charge in [0.1, 0.15) is 29.6 Å². The van der Waals surface area contributed by atoms with Crippen LogP contribution in [0, 0.1) is 15.9 Å². The van der Waals surface area contributed by atoms with Crippen molar-refractivity contribution in [1.29, 1.82) is 0 Å². The average Bonchev–Trinajstić information content (AvgIpc) is 2.52. The monoisotopic (exact) mass is 306 g/mol. The molecule has 0 aliphatic rings. The van der Waals surface area contributed by atoms with Gasteiger partial charge in [0, 0.05) is 18.7 Å². The molecule has 0 atom stereocenters. The van der Waals surface area contributed by atoms with E-state index >= 15 is 0 Å². The molecule has 1 N–H and O–H groups in total. The Hall–Kier alpha value is -2.83. The molecule has 0 aliphatic carbocycles. The van der Waals surface area contributed by atoms with Gasteiger partial charge >= 0.3 is 0 Å². The number of hydrogen-bond donors (Lipinski definition) is 1. The maximum Gasteiger partial charge on any atom is 0.292 e. The first-order valence-corrected chi connectivity index (χ1v) is 6.55. The number of hydrogen-bond acceptors (Lipinski definition) is 5. The van der Waals surface area contributed by atoms with Crippen molar-refractivity contribution in [1.82, 2.24) is 0 Å². The zero-order chi connectivity index (χ0) is 15.9. The predicted molar refractivity (Wildman–Crippen MR) is 80.0 cm³/mol. The summed E-state index contributed by atoms with van der Waals surface area (Å²) in [6.07, 6.45) is 0. The normalized spacial score (nSPS) is 10.1. The van der Waals surface area contributed by atoms with E-state index in [1.807, 2.05) is 0 Å². The number of ether oxygens (including phenoxy) is 2. The van der Waals surface area contributed by atoms with Gasteiger partial charge in [-0.05, 0) is 30.3 Å². The summed E-state index contributed by atoms with van der Waals surface area (Å²) in [4.78, 5) is 10.3.